The number of benzene rings is 1. The van der Waals surface area contributed by atoms with E-state index < -0.39 is 10.5 Å². The third-order valence-electron chi connectivity index (χ3n) is 2.37. The van der Waals surface area contributed by atoms with Gasteiger partial charge in [0.25, 0.3) is 0 Å². The minimum Gasteiger partial charge on any atom is -0.331 e. The van der Waals surface area contributed by atoms with Crippen LogP contribution < -0.4 is 0 Å². The monoisotopic (exact) mass is 225 g/mol. The van der Waals surface area contributed by atoms with Gasteiger partial charge >= 0.3 is 0 Å². The smallest absolute Gasteiger partial charge is 0.0428 e. The van der Waals surface area contributed by atoms with E-state index in [0.717, 1.165) is 5.56 Å². The van der Waals surface area contributed by atoms with Gasteiger partial charge in [0.15, 0.2) is 0 Å². The second-order valence-electron chi connectivity index (χ2n) is 4.59. The molecule has 0 bridgehead atoms. The van der Waals surface area contributed by atoms with Gasteiger partial charge in [0.1, 0.15) is 0 Å². The summed E-state index contributed by atoms with van der Waals surface area (Å²) in [5.41, 5.74) is 1.02. The van der Waals surface area contributed by atoms with Crippen molar-refractivity contribution in [3.8, 4) is 0 Å². The molecule has 2 nitrogen and oxygen atoms in total. The highest BCUT2D eigenvalue weighted by Crippen LogP contribution is 2.53. The Kier molecular flexibility index (Phi) is 3.58. The second kappa shape index (κ2) is 4.37. The molecule has 0 aliphatic carbocycles. The molecule has 0 fully saturated rings. The van der Waals surface area contributed by atoms with Gasteiger partial charge in [0.05, 0.1) is 0 Å². The average Bonchev–Trinajstić information content (AvgIpc) is 2.15. The van der Waals surface area contributed by atoms with E-state index in [-0.39, 0.29) is 4.75 Å². The van der Waals surface area contributed by atoms with E-state index in [0.29, 0.717) is 0 Å². The summed E-state index contributed by atoms with van der Waals surface area (Å²) in [5, 5.41) is 0. The van der Waals surface area contributed by atoms with Gasteiger partial charge in [-0.15, -0.1) is 0 Å². The normalized spacial score (nSPS) is 18.7. The summed E-state index contributed by atoms with van der Waals surface area (Å²) in [6, 6.07) is 9.83. The highest BCUT2D eigenvalue weighted by molar-refractivity contribution is 8.28. The van der Waals surface area contributed by atoms with Gasteiger partial charge in [-0.1, -0.05) is 30.3 Å². The zero-order chi connectivity index (χ0) is 11.5. The van der Waals surface area contributed by atoms with Gasteiger partial charge < -0.3 is 4.55 Å². The molecule has 84 valence electrons. The maximum absolute atomic E-state index is 10.2. The van der Waals surface area contributed by atoms with Crippen molar-refractivity contribution in [3.05, 3.63) is 35.9 Å². The van der Waals surface area contributed by atoms with E-state index >= 15 is 0 Å². The van der Waals surface area contributed by atoms with Crippen LogP contribution in [0.2, 0.25) is 0 Å². The predicted octanol–water partition coefficient (Wildman–Crippen LogP) is 3.73. The van der Waals surface area contributed by atoms with Crippen LogP contribution in [0.3, 0.4) is 0 Å². The summed E-state index contributed by atoms with van der Waals surface area (Å²) in [7, 11) is -1.93. The molecule has 15 heavy (non-hydrogen) atoms. The molecule has 0 heterocycles. The standard InChI is InChI=1S/C12H19NOS/c1-12(2,3)15(4,14)13-10-11-8-6-5-7-9-11/h5-10,14H,1-4H3/b13-10+. The summed E-state index contributed by atoms with van der Waals surface area (Å²) >= 11 is 0. The molecule has 1 aromatic carbocycles. The van der Waals surface area contributed by atoms with Crippen LogP contribution >= 0.6 is 10.5 Å². The van der Waals surface area contributed by atoms with Crippen LogP contribution in [0.1, 0.15) is 26.3 Å². The average molecular weight is 225 g/mol. The fourth-order valence-corrected chi connectivity index (χ4v) is 1.50. The largest absolute Gasteiger partial charge is 0.331 e. The lowest BCUT2D eigenvalue weighted by molar-refractivity contribution is 0.588. The number of hydrogen-bond acceptors (Lipinski definition) is 2. The summed E-state index contributed by atoms with van der Waals surface area (Å²) in [4.78, 5) is 0. The van der Waals surface area contributed by atoms with E-state index in [1.54, 1.807) is 6.21 Å². The van der Waals surface area contributed by atoms with Crippen LogP contribution in [0.5, 0.6) is 0 Å². The molecule has 1 aromatic rings. The molecule has 1 unspecified atom stereocenters. The number of hydrogen-bond donors (Lipinski definition) is 1. The quantitative estimate of drug-likeness (QED) is 0.764. The Labute approximate surface area is 93.7 Å². The molecular formula is C12H19NOS. The molecule has 0 aliphatic heterocycles. The zero-order valence-electron chi connectivity index (χ0n) is 9.77. The van der Waals surface area contributed by atoms with Crippen LogP contribution in [-0.2, 0) is 0 Å². The summed E-state index contributed by atoms with van der Waals surface area (Å²) in [6.45, 7) is 6.01. The van der Waals surface area contributed by atoms with Crippen molar-refractivity contribution in [3.63, 3.8) is 0 Å². The van der Waals surface area contributed by atoms with E-state index in [4.69, 9.17) is 0 Å². The first-order valence-corrected chi connectivity index (χ1v) is 6.89. The SMILES string of the molecule is CC(C)(C)S(C)(O)/N=C/c1ccccc1. The fourth-order valence-electron chi connectivity index (χ4n) is 0.861. The van der Waals surface area contributed by atoms with Crippen LogP contribution in [0.15, 0.2) is 34.7 Å². The zero-order valence-corrected chi connectivity index (χ0v) is 10.6. The van der Waals surface area contributed by atoms with Gasteiger partial charge in [-0.3, -0.25) is 0 Å². The van der Waals surface area contributed by atoms with Gasteiger partial charge in [0, 0.05) is 17.2 Å². The first kappa shape index (κ1) is 12.3. The van der Waals surface area contributed by atoms with Crippen molar-refractivity contribution >= 4 is 16.7 Å². The molecule has 0 aliphatic rings. The Morgan fingerprint density at radius 1 is 1.20 bits per heavy atom. The Bertz CT molecular complexity index is 338. The highest BCUT2D eigenvalue weighted by Gasteiger charge is 2.28. The molecule has 0 aromatic heterocycles. The molecular weight excluding hydrogens is 206 g/mol. The topological polar surface area (TPSA) is 32.6 Å². The maximum atomic E-state index is 10.2. The molecule has 0 radical (unpaired) electrons. The minimum atomic E-state index is -1.93. The number of rotatable bonds is 2. The lowest BCUT2D eigenvalue weighted by atomic mass is 10.2. The molecule has 3 heteroatoms. The predicted molar refractivity (Wildman–Crippen MR) is 69.9 cm³/mol. The third-order valence-corrected chi connectivity index (χ3v) is 5.20. The first-order chi connectivity index (χ1) is 6.83. The van der Waals surface area contributed by atoms with Crippen molar-refractivity contribution in [2.75, 3.05) is 6.26 Å². The Morgan fingerprint density at radius 3 is 2.20 bits per heavy atom. The van der Waals surface area contributed by atoms with E-state index in [2.05, 4.69) is 4.40 Å². The van der Waals surface area contributed by atoms with Gasteiger partial charge in [-0.25, -0.2) is 4.40 Å². The summed E-state index contributed by atoms with van der Waals surface area (Å²) < 4.78 is 14.3. The van der Waals surface area contributed by atoms with Crippen molar-refractivity contribution in [2.24, 2.45) is 4.40 Å². The Hall–Kier alpha value is -0.800. The summed E-state index contributed by atoms with van der Waals surface area (Å²) in [6.07, 6.45) is 3.56. The molecule has 0 spiro atoms. The number of nitrogens with zero attached hydrogens (tertiary/aromatic N) is 1. The van der Waals surface area contributed by atoms with Crippen LogP contribution in [0.4, 0.5) is 0 Å². The van der Waals surface area contributed by atoms with Crippen molar-refractivity contribution in [1.29, 1.82) is 0 Å². The third kappa shape index (κ3) is 3.36. The molecule has 0 amide bonds. The molecule has 1 atom stereocenters. The fraction of sp³-hybridized carbons (Fsp3) is 0.417. The van der Waals surface area contributed by atoms with Crippen molar-refractivity contribution in [1.82, 2.24) is 0 Å². The Balaban J connectivity index is 2.83. The van der Waals surface area contributed by atoms with Gasteiger partial charge in [0.2, 0.25) is 0 Å². The van der Waals surface area contributed by atoms with Crippen LogP contribution in [0.25, 0.3) is 0 Å². The molecule has 1 rings (SSSR count). The second-order valence-corrected chi connectivity index (χ2v) is 7.69. The van der Waals surface area contributed by atoms with Crippen LogP contribution in [0, 0.1) is 0 Å². The van der Waals surface area contributed by atoms with Crippen molar-refractivity contribution in [2.45, 2.75) is 25.5 Å². The lowest BCUT2D eigenvalue weighted by Gasteiger charge is -2.37. The summed E-state index contributed by atoms with van der Waals surface area (Å²) in [5.74, 6) is 0. The molecule has 0 saturated carbocycles. The van der Waals surface area contributed by atoms with Crippen molar-refractivity contribution < 1.29 is 4.55 Å². The first-order valence-electron chi connectivity index (χ1n) is 4.94. The minimum absolute atomic E-state index is 0.182. The van der Waals surface area contributed by atoms with E-state index in [1.165, 1.54) is 0 Å². The van der Waals surface area contributed by atoms with Gasteiger partial charge in [-0.05, 0) is 36.8 Å². The lowest BCUT2D eigenvalue weighted by Crippen LogP contribution is -2.21. The van der Waals surface area contributed by atoms with Gasteiger partial charge in [-0.2, -0.15) is 0 Å². The molecule has 1 N–H and O–H groups in total. The van der Waals surface area contributed by atoms with Crippen LogP contribution in [-0.4, -0.2) is 21.8 Å². The highest BCUT2D eigenvalue weighted by atomic mass is 32.3. The maximum Gasteiger partial charge on any atom is 0.0428 e. The molecule has 0 saturated heterocycles. The Morgan fingerprint density at radius 2 is 1.73 bits per heavy atom. The van der Waals surface area contributed by atoms with E-state index in [9.17, 15) is 4.55 Å². The van der Waals surface area contributed by atoms with E-state index in [1.807, 2.05) is 57.4 Å².